The van der Waals surface area contributed by atoms with E-state index in [1.807, 2.05) is 36.4 Å². The molecule has 0 saturated carbocycles. The van der Waals surface area contributed by atoms with E-state index in [1.165, 1.54) is 11.1 Å². The van der Waals surface area contributed by atoms with Crippen LogP contribution < -0.4 is 10.2 Å². The zero-order chi connectivity index (χ0) is 21.3. The van der Waals surface area contributed by atoms with Crippen LogP contribution in [0.5, 0.6) is 0 Å². The maximum absolute atomic E-state index is 9.86. The van der Waals surface area contributed by atoms with Crippen LogP contribution in [0.2, 0.25) is 5.02 Å². The zero-order valence-corrected chi connectivity index (χ0v) is 18.3. The molecule has 3 aromatic rings. The fourth-order valence-corrected chi connectivity index (χ4v) is 3.87. The highest BCUT2D eigenvalue weighted by Crippen LogP contribution is 2.29. The number of rotatable bonds is 5. The van der Waals surface area contributed by atoms with E-state index in [0.29, 0.717) is 5.02 Å². The number of fused-ring (bicyclic) bond motifs is 1. The first-order valence-electron chi connectivity index (χ1n) is 10.4. The molecule has 0 amide bonds. The summed E-state index contributed by atoms with van der Waals surface area (Å²) in [6.45, 7) is 7.68. The summed E-state index contributed by atoms with van der Waals surface area (Å²) in [4.78, 5) is 11.8. The van der Waals surface area contributed by atoms with Crippen molar-refractivity contribution in [3.8, 4) is 0 Å². The highest BCUT2D eigenvalue weighted by molar-refractivity contribution is 6.30. The molecule has 30 heavy (non-hydrogen) atoms. The van der Waals surface area contributed by atoms with Crippen molar-refractivity contribution in [2.24, 2.45) is 0 Å². The lowest BCUT2D eigenvalue weighted by Crippen LogP contribution is -2.31. The van der Waals surface area contributed by atoms with Crippen molar-refractivity contribution in [2.45, 2.75) is 45.8 Å². The van der Waals surface area contributed by atoms with Crippen molar-refractivity contribution in [1.29, 1.82) is 0 Å². The molecule has 5 nitrogen and oxygen atoms in total. The number of nitrogens with one attached hydrogen (secondary N) is 1. The summed E-state index contributed by atoms with van der Waals surface area (Å²) < 4.78 is 0. The molecule has 0 aliphatic carbocycles. The van der Waals surface area contributed by atoms with Gasteiger partial charge in [0.2, 0.25) is 0 Å². The number of aliphatic hydroxyl groups is 1. The average Bonchev–Trinajstić information content (AvgIpc) is 2.72. The molecule has 0 saturated heterocycles. The summed E-state index contributed by atoms with van der Waals surface area (Å²) in [6.07, 6.45) is 0.484. The molecule has 0 bridgehead atoms. The molecule has 156 valence electrons. The number of hydrogen-bond donors (Lipinski definition) is 2. The Balaban J connectivity index is 1.62. The molecule has 4 rings (SSSR count). The zero-order valence-electron chi connectivity index (χ0n) is 17.6. The van der Waals surface area contributed by atoms with E-state index >= 15 is 0 Å². The van der Waals surface area contributed by atoms with E-state index in [9.17, 15) is 5.11 Å². The summed E-state index contributed by atoms with van der Waals surface area (Å²) in [5.41, 5.74) is 4.45. The van der Waals surface area contributed by atoms with Crippen LogP contribution in [0.4, 0.5) is 17.3 Å². The molecular formula is C24H27ClN4O. The summed E-state index contributed by atoms with van der Waals surface area (Å²) in [5.74, 6) is 2.72. The van der Waals surface area contributed by atoms with E-state index in [1.54, 1.807) is 6.92 Å². The first kappa shape index (κ1) is 20.6. The lowest BCUT2D eigenvalue weighted by Gasteiger charge is -2.31. The standard InChI is InChI=1S/C24H27ClN4O/c1-15(2)24-27-22(26-21-6-4-5-20(25)12-21)13-23(28-24)29-10-9-18-11-17(16(3)30)7-8-19(18)14-29/h4-8,11-13,15-16,30H,9-10,14H2,1-3H3,(H,26,27,28)/t16-/m1/s1. The predicted molar refractivity (Wildman–Crippen MR) is 123 cm³/mol. The van der Waals surface area contributed by atoms with Crippen LogP contribution in [0, 0.1) is 0 Å². The number of nitrogens with zero attached hydrogens (tertiary/aromatic N) is 3. The Kier molecular flexibility index (Phi) is 5.93. The molecule has 1 atom stereocenters. The van der Waals surface area contributed by atoms with Crippen molar-refractivity contribution in [3.63, 3.8) is 0 Å². The van der Waals surface area contributed by atoms with Crippen LogP contribution in [0.3, 0.4) is 0 Å². The van der Waals surface area contributed by atoms with E-state index in [2.05, 4.69) is 36.2 Å². The van der Waals surface area contributed by atoms with Gasteiger partial charge in [0.05, 0.1) is 6.10 Å². The summed E-state index contributed by atoms with van der Waals surface area (Å²) in [6, 6.07) is 15.9. The van der Waals surface area contributed by atoms with Crippen LogP contribution >= 0.6 is 11.6 Å². The summed E-state index contributed by atoms with van der Waals surface area (Å²) in [7, 11) is 0. The SMILES string of the molecule is CC(C)c1nc(Nc2cccc(Cl)c2)cc(N2CCc3cc([C@@H](C)O)ccc3C2)n1. The summed E-state index contributed by atoms with van der Waals surface area (Å²) >= 11 is 6.13. The highest BCUT2D eigenvalue weighted by Gasteiger charge is 2.20. The van der Waals surface area contributed by atoms with Gasteiger partial charge in [-0.3, -0.25) is 0 Å². The second kappa shape index (κ2) is 8.62. The summed E-state index contributed by atoms with van der Waals surface area (Å²) in [5, 5.41) is 13.9. The number of benzene rings is 2. The van der Waals surface area contributed by atoms with Crippen molar-refractivity contribution >= 4 is 28.9 Å². The smallest absolute Gasteiger partial charge is 0.136 e. The van der Waals surface area contributed by atoms with Crippen molar-refractivity contribution in [1.82, 2.24) is 9.97 Å². The number of aromatic nitrogens is 2. The molecule has 6 heteroatoms. The van der Waals surface area contributed by atoms with E-state index in [0.717, 1.165) is 48.2 Å². The molecule has 0 unspecified atom stereocenters. The molecule has 0 fully saturated rings. The van der Waals surface area contributed by atoms with Gasteiger partial charge in [0.25, 0.3) is 0 Å². The quantitative estimate of drug-likeness (QED) is 0.559. The molecule has 2 heterocycles. The van der Waals surface area contributed by atoms with Gasteiger partial charge < -0.3 is 15.3 Å². The molecule has 1 aliphatic rings. The van der Waals surface area contributed by atoms with Gasteiger partial charge in [0.1, 0.15) is 17.5 Å². The number of hydrogen-bond acceptors (Lipinski definition) is 5. The molecule has 2 aromatic carbocycles. The van der Waals surface area contributed by atoms with Gasteiger partial charge in [-0.2, -0.15) is 0 Å². The maximum Gasteiger partial charge on any atom is 0.136 e. The van der Waals surface area contributed by atoms with Crippen LogP contribution in [-0.4, -0.2) is 21.6 Å². The van der Waals surface area contributed by atoms with Crippen LogP contribution in [0.15, 0.2) is 48.5 Å². The largest absolute Gasteiger partial charge is 0.389 e. The Bertz CT molecular complexity index is 1050. The highest BCUT2D eigenvalue weighted by atomic mass is 35.5. The molecule has 1 aliphatic heterocycles. The third kappa shape index (κ3) is 4.58. The lowest BCUT2D eigenvalue weighted by atomic mass is 9.96. The Morgan fingerprint density at radius 2 is 1.87 bits per heavy atom. The van der Waals surface area contributed by atoms with Gasteiger partial charge in [-0.1, -0.05) is 49.7 Å². The molecule has 0 radical (unpaired) electrons. The second-order valence-corrected chi connectivity index (χ2v) is 8.57. The number of anilines is 3. The van der Waals surface area contributed by atoms with Crippen molar-refractivity contribution < 1.29 is 5.11 Å². The fraction of sp³-hybridized carbons (Fsp3) is 0.333. The Morgan fingerprint density at radius 1 is 1.03 bits per heavy atom. The van der Waals surface area contributed by atoms with Crippen LogP contribution in [0.25, 0.3) is 0 Å². The van der Waals surface area contributed by atoms with Crippen molar-refractivity contribution in [2.75, 3.05) is 16.8 Å². The third-order valence-electron chi connectivity index (χ3n) is 5.39. The lowest BCUT2D eigenvalue weighted by molar-refractivity contribution is 0.199. The van der Waals surface area contributed by atoms with Gasteiger partial charge >= 0.3 is 0 Å². The number of aliphatic hydroxyl groups excluding tert-OH is 1. The minimum atomic E-state index is -0.441. The first-order valence-corrected chi connectivity index (χ1v) is 10.7. The van der Waals surface area contributed by atoms with Gasteiger partial charge in [0.15, 0.2) is 0 Å². The third-order valence-corrected chi connectivity index (χ3v) is 5.63. The second-order valence-electron chi connectivity index (χ2n) is 8.14. The maximum atomic E-state index is 9.86. The normalized spacial score (nSPS) is 14.5. The Hall–Kier alpha value is -2.63. The average molecular weight is 423 g/mol. The van der Waals surface area contributed by atoms with Crippen molar-refractivity contribution in [3.05, 3.63) is 76.1 Å². The molecule has 0 spiro atoms. The monoisotopic (exact) mass is 422 g/mol. The topological polar surface area (TPSA) is 61.3 Å². The van der Waals surface area contributed by atoms with Gasteiger partial charge in [-0.15, -0.1) is 0 Å². The van der Waals surface area contributed by atoms with E-state index in [4.69, 9.17) is 21.6 Å². The number of halogens is 1. The molecule has 2 N–H and O–H groups in total. The fourth-order valence-electron chi connectivity index (χ4n) is 3.68. The van der Waals surface area contributed by atoms with Crippen LogP contribution in [-0.2, 0) is 13.0 Å². The minimum Gasteiger partial charge on any atom is -0.389 e. The predicted octanol–water partition coefficient (Wildman–Crippen LogP) is 5.61. The van der Waals surface area contributed by atoms with Gasteiger partial charge in [-0.05, 0) is 48.2 Å². The Morgan fingerprint density at radius 3 is 2.60 bits per heavy atom. The van der Waals surface area contributed by atoms with E-state index in [-0.39, 0.29) is 5.92 Å². The van der Waals surface area contributed by atoms with Crippen LogP contribution in [0.1, 0.15) is 55.3 Å². The molecular weight excluding hydrogens is 396 g/mol. The minimum absolute atomic E-state index is 0.218. The van der Waals surface area contributed by atoms with Gasteiger partial charge in [-0.25, -0.2) is 9.97 Å². The van der Waals surface area contributed by atoms with Gasteiger partial charge in [0, 0.05) is 35.8 Å². The Labute approximate surface area is 182 Å². The molecule has 1 aromatic heterocycles. The van der Waals surface area contributed by atoms with E-state index < -0.39 is 6.10 Å². The first-order chi connectivity index (χ1) is 14.4.